The van der Waals surface area contributed by atoms with Crippen molar-refractivity contribution in [3.05, 3.63) is 23.5 Å². The molecule has 1 aromatic carbocycles. The molecule has 144 valence electrons. The third kappa shape index (κ3) is 3.74. The van der Waals surface area contributed by atoms with Crippen LogP contribution in [0, 0.1) is 0 Å². The van der Waals surface area contributed by atoms with Crippen LogP contribution in [0.2, 0.25) is 0 Å². The molecule has 0 aromatic heterocycles. The Balaban J connectivity index is 3.53. The van der Waals surface area contributed by atoms with Gasteiger partial charge in [-0.05, 0) is 0 Å². The zero-order chi connectivity index (χ0) is 19.4. The fourth-order valence-electron chi connectivity index (χ4n) is 2.89. The third-order valence-electron chi connectivity index (χ3n) is 4.43. The van der Waals surface area contributed by atoms with Crippen LogP contribution in [0.3, 0.4) is 0 Å². The number of nitrogens with zero attached hydrogens (tertiary/aromatic N) is 3. The molecule has 0 bridgehead atoms. The summed E-state index contributed by atoms with van der Waals surface area (Å²) in [7, 11) is 16.7. The van der Waals surface area contributed by atoms with E-state index in [2.05, 4.69) is 19.8 Å². The van der Waals surface area contributed by atoms with Crippen molar-refractivity contribution in [2.75, 3.05) is 63.6 Å². The molecular weight excluding hydrogens is 361 g/mol. The number of rotatable bonds is 8. The molecule has 0 atom stereocenters. The fraction of sp³-hybridized carbons (Fsp3) is 0.529. The monoisotopic (exact) mass is 391 g/mol. The first kappa shape index (κ1) is 22.0. The molecule has 0 aliphatic rings. The quantitative estimate of drug-likeness (QED) is 0.627. The molecule has 0 radical (unpaired) electrons. The van der Waals surface area contributed by atoms with Gasteiger partial charge in [0, 0.05) is 0 Å². The van der Waals surface area contributed by atoms with Crippen molar-refractivity contribution in [1.29, 1.82) is 0 Å². The zero-order valence-electron chi connectivity index (χ0n) is 16.7. The summed E-state index contributed by atoms with van der Waals surface area (Å²) in [5.74, 6) is 3.85. The fourth-order valence-corrected chi connectivity index (χ4v) is 6.43. The molecule has 0 N–H and O–H groups in total. The number of ether oxygens (including phenoxy) is 3. The van der Waals surface area contributed by atoms with Crippen molar-refractivity contribution in [3.8, 4) is 17.2 Å². The first-order chi connectivity index (χ1) is 11.6. The van der Waals surface area contributed by atoms with Crippen LogP contribution in [0.15, 0.2) is 17.9 Å². The van der Waals surface area contributed by atoms with Gasteiger partial charge in [-0.15, -0.1) is 0 Å². The van der Waals surface area contributed by atoms with Gasteiger partial charge in [0.2, 0.25) is 0 Å². The van der Waals surface area contributed by atoms with Crippen molar-refractivity contribution in [2.45, 2.75) is 0 Å². The molecule has 0 aliphatic carbocycles. The maximum absolute atomic E-state index is 7.29. The van der Waals surface area contributed by atoms with E-state index in [4.69, 9.17) is 25.5 Å². The summed E-state index contributed by atoms with van der Waals surface area (Å²) in [6, 6.07) is 3.80. The van der Waals surface area contributed by atoms with E-state index in [9.17, 15) is 0 Å². The number of methoxy groups -OCH3 is 3. The van der Waals surface area contributed by atoms with Gasteiger partial charge in [0.05, 0.1) is 0 Å². The van der Waals surface area contributed by atoms with Gasteiger partial charge in [0.15, 0.2) is 0 Å². The van der Waals surface area contributed by atoms with E-state index >= 15 is 0 Å². The number of benzene rings is 1. The molecule has 0 amide bonds. The Morgan fingerprint density at radius 2 is 1.20 bits per heavy atom. The minimum atomic E-state index is -3.10. The standard InChI is InChI=1S/C17H31ClN3O3P/c1-19(2)25(18,20(3)4,21(5)6)11-10-14-12-15(22-7)17(24-9)16(13-14)23-8/h10-13H,1-9H3/b11-10+. The van der Waals surface area contributed by atoms with Crippen molar-refractivity contribution < 1.29 is 14.2 Å². The van der Waals surface area contributed by atoms with Crippen LogP contribution in [0.25, 0.3) is 6.08 Å². The molecule has 6 nitrogen and oxygen atoms in total. The molecule has 0 fully saturated rings. The van der Waals surface area contributed by atoms with E-state index in [1.165, 1.54) is 0 Å². The third-order valence-corrected chi connectivity index (χ3v) is 12.6. The van der Waals surface area contributed by atoms with Gasteiger partial charge in [0.1, 0.15) is 0 Å². The molecule has 0 unspecified atom stereocenters. The van der Waals surface area contributed by atoms with Gasteiger partial charge in [-0.3, -0.25) is 0 Å². The van der Waals surface area contributed by atoms with Gasteiger partial charge in [0.25, 0.3) is 0 Å². The van der Waals surface area contributed by atoms with E-state index < -0.39 is 6.41 Å². The summed E-state index contributed by atoms with van der Waals surface area (Å²) >= 11 is 7.29. The SMILES string of the molecule is COc1cc(/C=C/P(Cl)(N(C)C)(N(C)C)N(C)C)cc(OC)c1OC. The second-order valence-electron chi connectivity index (χ2n) is 6.26. The Morgan fingerprint density at radius 3 is 1.48 bits per heavy atom. The van der Waals surface area contributed by atoms with Gasteiger partial charge in [-0.25, -0.2) is 0 Å². The molecule has 8 heteroatoms. The van der Waals surface area contributed by atoms with E-state index in [0.717, 1.165) is 5.56 Å². The molecule has 0 heterocycles. The Labute approximate surface area is 156 Å². The molecule has 0 aliphatic heterocycles. The predicted molar refractivity (Wildman–Crippen MR) is 109 cm³/mol. The Morgan fingerprint density at radius 1 is 0.800 bits per heavy atom. The predicted octanol–water partition coefficient (Wildman–Crippen LogP) is 3.82. The first-order valence-corrected chi connectivity index (χ1v) is 10.9. The van der Waals surface area contributed by atoms with Gasteiger partial charge >= 0.3 is 156 Å². The molecule has 0 saturated carbocycles. The average molecular weight is 392 g/mol. The van der Waals surface area contributed by atoms with Crippen LogP contribution >= 0.6 is 17.6 Å². The second kappa shape index (κ2) is 8.11. The number of hydrogen-bond donors (Lipinski definition) is 0. The van der Waals surface area contributed by atoms with Crippen LogP contribution in [0.5, 0.6) is 17.2 Å². The van der Waals surface area contributed by atoms with E-state index in [1.54, 1.807) is 21.3 Å². The summed E-state index contributed by atoms with van der Waals surface area (Å²) in [5, 5.41) is 0. The first-order valence-electron chi connectivity index (χ1n) is 7.82. The molecule has 1 rings (SSSR count). The molecule has 25 heavy (non-hydrogen) atoms. The van der Waals surface area contributed by atoms with Crippen molar-refractivity contribution in [1.82, 2.24) is 14.0 Å². The van der Waals surface area contributed by atoms with Crippen LogP contribution in [-0.4, -0.2) is 77.6 Å². The summed E-state index contributed by atoms with van der Waals surface area (Å²) in [6.07, 6.45) is -1.11. The Bertz CT molecular complexity index is 586. The average Bonchev–Trinajstić information content (AvgIpc) is 2.57. The normalized spacial score (nSPS) is 14.2. The van der Waals surface area contributed by atoms with E-state index in [0.29, 0.717) is 17.2 Å². The maximum atomic E-state index is 7.29. The summed E-state index contributed by atoms with van der Waals surface area (Å²) in [6.45, 7) is 0. The Kier molecular flexibility index (Phi) is 7.13. The molecule has 0 spiro atoms. The number of hydrogen-bond acceptors (Lipinski definition) is 6. The molecular formula is C17H31ClN3O3P. The summed E-state index contributed by atoms with van der Waals surface area (Å²) in [4.78, 5) is 0. The van der Waals surface area contributed by atoms with E-state index in [-0.39, 0.29) is 0 Å². The number of halogens is 1. The minimum absolute atomic E-state index is 0.568. The summed E-state index contributed by atoms with van der Waals surface area (Å²) < 4.78 is 22.4. The van der Waals surface area contributed by atoms with Crippen molar-refractivity contribution >= 4 is 23.7 Å². The van der Waals surface area contributed by atoms with Crippen LogP contribution < -0.4 is 14.2 Å². The van der Waals surface area contributed by atoms with Crippen LogP contribution in [0.1, 0.15) is 5.56 Å². The van der Waals surface area contributed by atoms with Gasteiger partial charge < -0.3 is 0 Å². The van der Waals surface area contributed by atoms with Crippen LogP contribution in [0.4, 0.5) is 0 Å². The van der Waals surface area contributed by atoms with Crippen LogP contribution in [-0.2, 0) is 0 Å². The zero-order valence-corrected chi connectivity index (χ0v) is 18.4. The van der Waals surface area contributed by atoms with Gasteiger partial charge in [-0.1, -0.05) is 0 Å². The van der Waals surface area contributed by atoms with Gasteiger partial charge in [-0.2, -0.15) is 0 Å². The summed E-state index contributed by atoms with van der Waals surface area (Å²) in [5.41, 5.74) is 0.912. The van der Waals surface area contributed by atoms with E-state index in [1.807, 2.05) is 60.5 Å². The van der Waals surface area contributed by atoms with Crippen molar-refractivity contribution in [2.24, 2.45) is 0 Å². The second-order valence-corrected chi connectivity index (χ2v) is 12.8. The Hall–Kier alpha value is -1.04. The topological polar surface area (TPSA) is 37.4 Å². The molecule has 1 aromatic rings. The van der Waals surface area contributed by atoms with Crippen molar-refractivity contribution in [3.63, 3.8) is 0 Å². The molecule has 0 saturated heterocycles.